The molecule has 0 spiro atoms. The van der Waals surface area contributed by atoms with Gasteiger partial charge in [0.25, 0.3) is 5.56 Å². The molecule has 1 aromatic carbocycles. The number of tetrazole rings is 1. The third-order valence-corrected chi connectivity index (χ3v) is 7.02. The van der Waals surface area contributed by atoms with E-state index in [1.165, 1.54) is 4.88 Å². The van der Waals surface area contributed by atoms with Crippen LogP contribution in [-0.4, -0.2) is 44.3 Å². The highest BCUT2D eigenvalue weighted by molar-refractivity contribution is 7.09. The van der Waals surface area contributed by atoms with Gasteiger partial charge < -0.3 is 14.5 Å². The Morgan fingerprint density at radius 2 is 1.83 bits per heavy atom. The first-order chi connectivity index (χ1) is 17.1. The highest BCUT2D eigenvalue weighted by atomic mass is 32.1. The van der Waals surface area contributed by atoms with Crippen LogP contribution in [0.5, 0.6) is 11.5 Å². The first kappa shape index (κ1) is 25.8. The van der Waals surface area contributed by atoms with Gasteiger partial charge in [-0.2, -0.15) is 0 Å². The van der Waals surface area contributed by atoms with E-state index >= 15 is 0 Å². The van der Waals surface area contributed by atoms with Crippen molar-refractivity contribution in [3.8, 4) is 11.5 Å². The normalized spacial score (nSPS) is 13.0. The van der Waals surface area contributed by atoms with Crippen LogP contribution < -0.4 is 15.0 Å². The minimum absolute atomic E-state index is 0.109. The van der Waals surface area contributed by atoms with E-state index in [2.05, 4.69) is 71.5 Å². The highest BCUT2D eigenvalue weighted by Gasteiger charge is 2.33. The van der Waals surface area contributed by atoms with Gasteiger partial charge in [-0.25, -0.2) is 4.68 Å². The maximum atomic E-state index is 13.2. The third kappa shape index (κ3) is 5.29. The van der Waals surface area contributed by atoms with Crippen molar-refractivity contribution in [2.45, 2.75) is 59.3 Å². The van der Waals surface area contributed by atoms with E-state index in [0.717, 1.165) is 11.2 Å². The van der Waals surface area contributed by atoms with Gasteiger partial charge in [0.15, 0.2) is 17.3 Å². The number of nitrogens with zero attached hydrogens (tertiary/aromatic N) is 5. The summed E-state index contributed by atoms with van der Waals surface area (Å²) in [4.78, 5) is 19.8. The molecule has 3 aromatic heterocycles. The topological polar surface area (TPSA) is 98.2 Å². The smallest absolute Gasteiger partial charge is 0.252 e. The second-order valence-corrected chi connectivity index (χ2v) is 11.2. The van der Waals surface area contributed by atoms with Crippen LogP contribution in [-0.2, 0) is 18.6 Å². The first-order valence-corrected chi connectivity index (χ1v) is 12.8. The van der Waals surface area contributed by atoms with Crippen LogP contribution in [0.15, 0.2) is 40.5 Å². The summed E-state index contributed by atoms with van der Waals surface area (Å²) in [6.45, 7) is 11.7. The molecule has 0 aliphatic heterocycles. The lowest BCUT2D eigenvalue weighted by Crippen LogP contribution is -2.37. The Morgan fingerprint density at radius 1 is 1.11 bits per heavy atom. The molecule has 0 aliphatic carbocycles. The van der Waals surface area contributed by atoms with Crippen LogP contribution in [0.1, 0.15) is 56.9 Å². The average Bonchev–Trinajstić information content (AvgIpc) is 3.51. The van der Waals surface area contributed by atoms with Crippen molar-refractivity contribution in [1.82, 2.24) is 30.1 Å². The second kappa shape index (κ2) is 10.4. The molecule has 0 saturated carbocycles. The van der Waals surface area contributed by atoms with Crippen LogP contribution in [0.3, 0.4) is 0 Å². The van der Waals surface area contributed by atoms with Crippen LogP contribution in [0.4, 0.5) is 0 Å². The summed E-state index contributed by atoms with van der Waals surface area (Å²) in [5.41, 5.74) is 0.940. The molecule has 0 aliphatic rings. The zero-order valence-electron chi connectivity index (χ0n) is 21.9. The number of rotatable bonds is 9. The zero-order chi connectivity index (χ0) is 26.0. The van der Waals surface area contributed by atoms with Gasteiger partial charge in [0.05, 0.1) is 31.3 Å². The monoisotopic (exact) mass is 510 g/mol. The minimum atomic E-state index is -0.281. The fraction of sp³-hybridized carbons (Fsp3) is 0.462. The molecule has 36 heavy (non-hydrogen) atoms. The van der Waals surface area contributed by atoms with E-state index < -0.39 is 0 Å². The standard InChI is InChI=1S/C26H34N6O3S/c1-16(2)23(24-28-29-30-32(24)26(3,4)5)31(15-19-9-8-10-36-19)14-18-11-17-12-21(34-6)22(35-7)13-20(17)27-25(18)33/h8-13,16,23H,14-15H2,1-7H3,(H,27,33)/t23-/m0/s1. The Labute approximate surface area is 215 Å². The molecule has 3 heterocycles. The van der Waals surface area contributed by atoms with Gasteiger partial charge in [0.2, 0.25) is 0 Å². The summed E-state index contributed by atoms with van der Waals surface area (Å²) < 4.78 is 12.8. The largest absolute Gasteiger partial charge is 0.493 e. The SMILES string of the molecule is COc1cc2cc(CN(Cc3cccs3)[C@H](c3nnnn3C(C)(C)C)C(C)C)c(=O)[nH]c2cc1OC. The number of benzene rings is 1. The summed E-state index contributed by atoms with van der Waals surface area (Å²) in [7, 11) is 3.18. The number of hydrogen-bond donors (Lipinski definition) is 1. The molecule has 4 rings (SSSR count). The summed E-state index contributed by atoms with van der Waals surface area (Å²) in [6.07, 6.45) is 0. The fourth-order valence-corrected chi connectivity index (χ4v) is 5.24. The van der Waals surface area contributed by atoms with Crippen LogP contribution >= 0.6 is 11.3 Å². The predicted molar refractivity (Wildman–Crippen MR) is 142 cm³/mol. The molecule has 9 nitrogen and oxygen atoms in total. The van der Waals surface area contributed by atoms with E-state index in [1.54, 1.807) is 31.6 Å². The molecule has 0 amide bonds. The quantitative estimate of drug-likeness (QED) is 0.347. The molecule has 0 saturated heterocycles. The van der Waals surface area contributed by atoms with E-state index in [1.807, 2.05) is 22.9 Å². The molecule has 0 unspecified atom stereocenters. The van der Waals surface area contributed by atoms with Crippen molar-refractivity contribution in [2.75, 3.05) is 14.2 Å². The van der Waals surface area contributed by atoms with E-state index in [9.17, 15) is 4.79 Å². The maximum absolute atomic E-state index is 13.2. The van der Waals surface area contributed by atoms with Crippen molar-refractivity contribution < 1.29 is 9.47 Å². The van der Waals surface area contributed by atoms with Gasteiger partial charge in [-0.15, -0.1) is 16.4 Å². The molecule has 192 valence electrons. The molecule has 4 aromatic rings. The molecule has 0 bridgehead atoms. The summed E-state index contributed by atoms with van der Waals surface area (Å²) in [6, 6.07) is 9.66. The molecular formula is C26H34N6O3S. The molecule has 0 radical (unpaired) electrons. The lowest BCUT2D eigenvalue weighted by molar-refractivity contribution is 0.121. The van der Waals surface area contributed by atoms with Crippen LogP contribution in [0.25, 0.3) is 10.9 Å². The Bertz CT molecular complexity index is 1370. The van der Waals surface area contributed by atoms with Gasteiger partial charge in [0.1, 0.15) is 0 Å². The first-order valence-electron chi connectivity index (χ1n) is 12.0. The Hall–Kier alpha value is -3.24. The van der Waals surface area contributed by atoms with Gasteiger partial charge >= 0.3 is 0 Å². The number of ether oxygens (including phenoxy) is 2. The van der Waals surface area contributed by atoms with Gasteiger partial charge in [-0.05, 0) is 60.7 Å². The predicted octanol–water partition coefficient (Wildman–Crippen LogP) is 4.75. The van der Waals surface area contributed by atoms with Crippen molar-refractivity contribution in [2.24, 2.45) is 5.92 Å². The van der Waals surface area contributed by atoms with Crippen molar-refractivity contribution in [1.29, 1.82) is 0 Å². The number of thiophene rings is 1. The average molecular weight is 511 g/mol. The fourth-order valence-electron chi connectivity index (χ4n) is 4.51. The van der Waals surface area contributed by atoms with Gasteiger partial charge in [0, 0.05) is 35.0 Å². The summed E-state index contributed by atoms with van der Waals surface area (Å²) >= 11 is 1.70. The lowest BCUT2D eigenvalue weighted by Gasteiger charge is -2.35. The van der Waals surface area contributed by atoms with E-state index in [0.29, 0.717) is 35.7 Å². The Balaban J connectivity index is 1.80. The molecular weight excluding hydrogens is 476 g/mol. The third-order valence-electron chi connectivity index (χ3n) is 6.16. The number of methoxy groups -OCH3 is 2. The molecule has 10 heteroatoms. The lowest BCUT2D eigenvalue weighted by atomic mass is 9.99. The number of H-pyrrole nitrogens is 1. The van der Waals surface area contributed by atoms with Crippen LogP contribution in [0.2, 0.25) is 0 Å². The Morgan fingerprint density at radius 3 is 2.44 bits per heavy atom. The molecule has 1 atom stereocenters. The Kier molecular flexibility index (Phi) is 7.46. The van der Waals surface area contributed by atoms with Crippen molar-refractivity contribution in [3.05, 3.63) is 62.3 Å². The number of aromatic nitrogens is 5. The van der Waals surface area contributed by atoms with Crippen molar-refractivity contribution >= 4 is 22.2 Å². The molecule has 0 fully saturated rings. The minimum Gasteiger partial charge on any atom is -0.493 e. The summed E-state index contributed by atoms with van der Waals surface area (Å²) in [5, 5.41) is 15.7. The van der Waals surface area contributed by atoms with Gasteiger partial charge in [-0.1, -0.05) is 19.9 Å². The number of fused-ring (bicyclic) bond motifs is 1. The highest BCUT2D eigenvalue weighted by Crippen LogP contribution is 2.34. The number of aromatic amines is 1. The number of hydrogen-bond acceptors (Lipinski definition) is 8. The van der Waals surface area contributed by atoms with E-state index in [-0.39, 0.29) is 23.1 Å². The van der Waals surface area contributed by atoms with E-state index in [4.69, 9.17) is 9.47 Å². The second-order valence-electron chi connectivity index (χ2n) is 10.2. The van der Waals surface area contributed by atoms with Crippen molar-refractivity contribution in [3.63, 3.8) is 0 Å². The number of pyridine rings is 1. The maximum Gasteiger partial charge on any atom is 0.252 e. The van der Waals surface area contributed by atoms with Crippen LogP contribution in [0, 0.1) is 5.92 Å². The summed E-state index contributed by atoms with van der Waals surface area (Å²) in [5.74, 6) is 2.17. The zero-order valence-corrected chi connectivity index (χ0v) is 22.7. The number of nitrogens with one attached hydrogen (secondary N) is 1. The van der Waals surface area contributed by atoms with Gasteiger partial charge in [-0.3, -0.25) is 9.69 Å². The molecule has 1 N–H and O–H groups in total.